The minimum Gasteiger partial charge on any atom is -0.299 e. The van der Waals surface area contributed by atoms with E-state index in [1.165, 1.54) is 30.2 Å². The predicted molar refractivity (Wildman–Crippen MR) is 168 cm³/mol. The van der Waals surface area contributed by atoms with Gasteiger partial charge >= 0.3 is 6.18 Å². The van der Waals surface area contributed by atoms with E-state index < -0.39 is 11.7 Å². The number of hydrogen-bond donors (Lipinski definition) is 0. The Morgan fingerprint density at radius 3 is 2.08 bits per heavy atom. The van der Waals surface area contributed by atoms with Crippen molar-refractivity contribution in [3.05, 3.63) is 108 Å². The highest BCUT2D eigenvalue weighted by molar-refractivity contribution is 5.79. The SMILES string of the molecule is C#CC.C/C=C(C)\C=C/CC(=O)CC.C=C(/C=C(\C)C(F)(F)F)c1cccnc1.CC.CCCc1ccccc1. The van der Waals surface area contributed by atoms with Gasteiger partial charge in [0.2, 0.25) is 0 Å². The topological polar surface area (TPSA) is 30.0 Å². The number of carbonyl (C=O) groups excluding carboxylic acids is 1. The highest BCUT2D eigenvalue weighted by Crippen LogP contribution is 2.27. The highest BCUT2D eigenvalue weighted by atomic mass is 19.4. The fraction of sp³-hybridized carbons (Fsp3) is 0.371. The van der Waals surface area contributed by atoms with Crippen molar-refractivity contribution >= 4 is 11.4 Å². The van der Waals surface area contributed by atoms with Gasteiger partial charge in [0.15, 0.2) is 0 Å². The zero-order chi connectivity index (χ0) is 31.4. The number of pyridine rings is 1. The second kappa shape index (κ2) is 26.9. The monoisotopic (exact) mass is 555 g/mol. The number of benzene rings is 1. The summed E-state index contributed by atoms with van der Waals surface area (Å²) in [5.74, 6) is 2.55. The molecule has 0 N–H and O–H groups in total. The van der Waals surface area contributed by atoms with Gasteiger partial charge in [0.25, 0.3) is 0 Å². The molecule has 1 aromatic heterocycles. The van der Waals surface area contributed by atoms with E-state index in [1.807, 2.05) is 52.8 Å². The first-order valence-electron chi connectivity index (χ1n) is 13.5. The summed E-state index contributed by atoms with van der Waals surface area (Å²) in [6.45, 7) is 18.3. The number of aryl methyl sites for hydroxylation is 1. The molecule has 0 radical (unpaired) electrons. The van der Waals surface area contributed by atoms with Gasteiger partial charge in [0.05, 0.1) is 0 Å². The van der Waals surface area contributed by atoms with Crippen LogP contribution in [0.5, 0.6) is 0 Å². The molecule has 0 spiro atoms. The third-order valence-corrected chi connectivity index (χ3v) is 4.83. The van der Waals surface area contributed by atoms with Crippen molar-refractivity contribution in [3.63, 3.8) is 0 Å². The maximum absolute atomic E-state index is 12.2. The molecule has 0 atom stereocenters. The van der Waals surface area contributed by atoms with E-state index >= 15 is 0 Å². The maximum atomic E-state index is 12.2. The van der Waals surface area contributed by atoms with Crippen molar-refractivity contribution in [2.24, 2.45) is 0 Å². The molecule has 1 aromatic carbocycles. The molecule has 0 aliphatic carbocycles. The number of hydrogen-bond acceptors (Lipinski definition) is 2. The van der Waals surface area contributed by atoms with E-state index in [0.29, 0.717) is 29.8 Å². The van der Waals surface area contributed by atoms with Gasteiger partial charge in [0.1, 0.15) is 5.78 Å². The number of ketones is 1. The van der Waals surface area contributed by atoms with Crippen LogP contribution in [0, 0.1) is 12.3 Å². The number of halogens is 3. The standard InChI is InChI=1S/C11H10F3N.C10H16O.C9H12.C3H4.C2H6/c1-8(6-9(2)11(12,13)14)10-4-3-5-15-7-10;1-4-9(3)7-6-8-10(11)5-2;1-2-6-9-7-4-3-5-8-9;1-3-2;1-2/h3-7H,1H2,2H3;4,6-7H,5,8H2,1-3H3;3-5,7-8H,2,6H2,1H3;1H,2H3;1-2H3/b9-6+;7-6-,9-4-;;;. The molecule has 0 fully saturated rings. The summed E-state index contributed by atoms with van der Waals surface area (Å²) in [4.78, 5) is 14.6. The molecule has 0 saturated heterocycles. The van der Waals surface area contributed by atoms with Gasteiger partial charge in [-0.3, -0.25) is 9.78 Å². The molecule has 5 heteroatoms. The summed E-state index contributed by atoms with van der Waals surface area (Å²) in [5.41, 5.74) is 2.87. The van der Waals surface area contributed by atoms with Crippen LogP contribution < -0.4 is 0 Å². The summed E-state index contributed by atoms with van der Waals surface area (Å²) in [7, 11) is 0. The van der Waals surface area contributed by atoms with E-state index in [2.05, 4.69) is 61.2 Å². The van der Waals surface area contributed by atoms with Gasteiger partial charge in [-0.15, -0.1) is 12.3 Å². The molecular weight excluding hydrogens is 507 g/mol. The molecule has 1 heterocycles. The summed E-state index contributed by atoms with van der Waals surface area (Å²) in [6.07, 6.45) is 13.9. The van der Waals surface area contributed by atoms with Gasteiger partial charge in [-0.25, -0.2) is 0 Å². The first-order chi connectivity index (χ1) is 19.0. The number of rotatable bonds is 8. The van der Waals surface area contributed by atoms with E-state index in [4.69, 9.17) is 0 Å². The second-order valence-corrected chi connectivity index (χ2v) is 8.15. The zero-order valence-corrected chi connectivity index (χ0v) is 25.6. The van der Waals surface area contributed by atoms with Gasteiger partial charge in [-0.1, -0.05) is 101 Å². The molecule has 40 heavy (non-hydrogen) atoms. The Morgan fingerprint density at radius 1 is 1.07 bits per heavy atom. The number of alkyl halides is 3. The van der Waals surface area contributed by atoms with Crippen molar-refractivity contribution in [1.29, 1.82) is 0 Å². The predicted octanol–water partition coefficient (Wildman–Crippen LogP) is 10.8. The molecule has 0 amide bonds. The number of carbonyl (C=O) groups is 1. The lowest BCUT2D eigenvalue weighted by Crippen LogP contribution is -2.08. The summed E-state index contributed by atoms with van der Waals surface area (Å²) < 4.78 is 36.6. The number of aromatic nitrogens is 1. The Morgan fingerprint density at radius 2 is 1.65 bits per heavy atom. The average Bonchev–Trinajstić information content (AvgIpc) is 2.95. The first kappa shape index (κ1) is 40.8. The number of terminal acetylenes is 1. The average molecular weight is 556 g/mol. The van der Waals surface area contributed by atoms with Crippen molar-refractivity contribution in [3.8, 4) is 12.3 Å². The molecule has 2 aromatic rings. The molecule has 0 aliphatic rings. The van der Waals surface area contributed by atoms with Gasteiger partial charge in [-0.05, 0) is 63.0 Å². The molecule has 0 aliphatic heterocycles. The van der Waals surface area contributed by atoms with Crippen LogP contribution in [-0.4, -0.2) is 16.9 Å². The Balaban J connectivity index is -0.000000487. The minimum absolute atomic E-state index is 0.296. The van der Waals surface area contributed by atoms with Gasteiger partial charge in [-0.2, -0.15) is 13.2 Å². The number of allylic oxidation sites excluding steroid dienone is 7. The Kier molecular flexibility index (Phi) is 27.5. The van der Waals surface area contributed by atoms with Crippen LogP contribution in [0.2, 0.25) is 0 Å². The third kappa shape index (κ3) is 24.7. The minimum atomic E-state index is -4.30. The summed E-state index contributed by atoms with van der Waals surface area (Å²) in [6, 6.07) is 13.9. The Hall–Kier alpha value is -3.65. The smallest absolute Gasteiger partial charge is 0.299 e. The van der Waals surface area contributed by atoms with Crippen LogP contribution in [0.25, 0.3) is 5.57 Å². The van der Waals surface area contributed by atoms with Crippen molar-refractivity contribution in [2.75, 3.05) is 0 Å². The molecular formula is C35H48F3NO. The number of Topliss-reactive ketones (excluding diaryl/α,β-unsaturated/α-hetero) is 1. The fourth-order valence-corrected chi connectivity index (χ4v) is 2.53. The molecule has 0 saturated carbocycles. The van der Waals surface area contributed by atoms with Crippen molar-refractivity contribution in [1.82, 2.24) is 4.98 Å². The van der Waals surface area contributed by atoms with E-state index in [-0.39, 0.29) is 0 Å². The van der Waals surface area contributed by atoms with E-state index in [9.17, 15) is 18.0 Å². The van der Waals surface area contributed by atoms with Crippen LogP contribution in [0.15, 0.2) is 96.9 Å². The quantitative estimate of drug-likeness (QED) is 0.239. The van der Waals surface area contributed by atoms with Crippen LogP contribution in [0.1, 0.15) is 85.8 Å². The normalized spacial score (nSPS) is 10.7. The van der Waals surface area contributed by atoms with Crippen LogP contribution in [0.4, 0.5) is 13.2 Å². The van der Waals surface area contributed by atoms with Crippen LogP contribution in [0.3, 0.4) is 0 Å². The summed E-state index contributed by atoms with van der Waals surface area (Å²) in [5, 5.41) is 0. The molecule has 0 bridgehead atoms. The second-order valence-electron chi connectivity index (χ2n) is 8.15. The molecule has 0 unspecified atom stereocenters. The molecule has 2 nitrogen and oxygen atoms in total. The lowest BCUT2D eigenvalue weighted by Gasteiger charge is -2.07. The Labute approximate surface area is 241 Å². The van der Waals surface area contributed by atoms with E-state index in [0.717, 1.165) is 13.0 Å². The van der Waals surface area contributed by atoms with Crippen molar-refractivity contribution < 1.29 is 18.0 Å². The zero-order valence-electron chi connectivity index (χ0n) is 25.6. The van der Waals surface area contributed by atoms with Crippen LogP contribution in [-0.2, 0) is 11.2 Å². The summed E-state index contributed by atoms with van der Waals surface area (Å²) >= 11 is 0. The largest absolute Gasteiger partial charge is 0.412 e. The maximum Gasteiger partial charge on any atom is 0.412 e. The fourth-order valence-electron chi connectivity index (χ4n) is 2.53. The lowest BCUT2D eigenvalue weighted by atomic mass is 10.1. The van der Waals surface area contributed by atoms with Crippen molar-refractivity contribution in [2.45, 2.75) is 87.2 Å². The highest BCUT2D eigenvalue weighted by Gasteiger charge is 2.29. The van der Waals surface area contributed by atoms with Gasteiger partial charge < -0.3 is 0 Å². The number of nitrogens with zero attached hydrogens (tertiary/aromatic N) is 1. The third-order valence-electron chi connectivity index (χ3n) is 4.83. The lowest BCUT2D eigenvalue weighted by molar-refractivity contribution is -0.117. The first-order valence-corrected chi connectivity index (χ1v) is 13.5. The van der Waals surface area contributed by atoms with Crippen LogP contribution >= 0.6 is 0 Å². The van der Waals surface area contributed by atoms with Gasteiger partial charge in [0, 0.05) is 30.8 Å². The molecule has 220 valence electrons. The Bertz CT molecular complexity index is 1040. The molecule has 2 rings (SSSR count). The van der Waals surface area contributed by atoms with E-state index in [1.54, 1.807) is 25.3 Å².